The van der Waals surface area contributed by atoms with Crippen LogP contribution in [0.15, 0.2) is 30.3 Å². The summed E-state index contributed by atoms with van der Waals surface area (Å²) in [5.74, 6) is 0. The fourth-order valence-electron chi connectivity index (χ4n) is 2.22. The molecule has 1 atom stereocenters. The summed E-state index contributed by atoms with van der Waals surface area (Å²) < 4.78 is 5.30. The average Bonchev–Trinajstić information content (AvgIpc) is 2.46. The van der Waals surface area contributed by atoms with E-state index in [1.54, 1.807) is 0 Å². The van der Waals surface area contributed by atoms with Gasteiger partial charge in [-0.25, -0.2) is 0 Å². The first-order chi connectivity index (χ1) is 8.85. The van der Waals surface area contributed by atoms with Crippen LogP contribution in [0.1, 0.15) is 0 Å². The van der Waals surface area contributed by atoms with Gasteiger partial charge in [-0.15, -0.1) is 0 Å². The van der Waals surface area contributed by atoms with Crippen LogP contribution in [0.3, 0.4) is 0 Å². The molecule has 0 bridgehead atoms. The zero-order valence-corrected chi connectivity index (χ0v) is 10.5. The standard InChI is InChI=1S/C14H19N2O2/c1-2-18-14(12-17)16-10-8-15(9-11-16)13-6-4-3-5-7-13/h3-7,12,14H,1-2,8-11H2. The second-order valence-corrected chi connectivity index (χ2v) is 4.26. The number of aldehydes is 1. The van der Waals surface area contributed by atoms with Crippen LogP contribution in [0, 0.1) is 6.92 Å². The maximum atomic E-state index is 10.9. The first kappa shape index (κ1) is 13.1. The molecule has 0 spiro atoms. The monoisotopic (exact) mass is 247 g/mol. The lowest BCUT2D eigenvalue weighted by Gasteiger charge is -2.38. The van der Waals surface area contributed by atoms with Gasteiger partial charge >= 0.3 is 0 Å². The number of piperazine rings is 1. The van der Waals surface area contributed by atoms with Gasteiger partial charge in [0.25, 0.3) is 0 Å². The van der Waals surface area contributed by atoms with Crippen LogP contribution in [-0.2, 0) is 9.53 Å². The Morgan fingerprint density at radius 2 is 1.89 bits per heavy atom. The number of carbonyl (C=O) groups is 1. The van der Waals surface area contributed by atoms with Gasteiger partial charge in [0.05, 0.1) is 0 Å². The number of carbonyl (C=O) groups excluding carboxylic acids is 1. The summed E-state index contributed by atoms with van der Waals surface area (Å²) in [6.07, 6.45) is 0.407. The Morgan fingerprint density at radius 1 is 1.22 bits per heavy atom. The molecule has 0 amide bonds. The number of ether oxygens (including phenoxy) is 1. The average molecular weight is 247 g/mol. The van der Waals surface area contributed by atoms with Crippen LogP contribution < -0.4 is 4.90 Å². The minimum absolute atomic E-state index is 0.322. The highest BCUT2D eigenvalue weighted by molar-refractivity contribution is 5.55. The van der Waals surface area contributed by atoms with Gasteiger partial charge in [0.1, 0.15) is 0 Å². The molecule has 1 heterocycles. The van der Waals surface area contributed by atoms with E-state index in [4.69, 9.17) is 4.74 Å². The first-order valence-electron chi connectivity index (χ1n) is 6.25. The third-order valence-corrected chi connectivity index (χ3v) is 3.20. The molecule has 1 unspecified atom stereocenters. The van der Waals surface area contributed by atoms with E-state index < -0.39 is 6.23 Å². The van der Waals surface area contributed by atoms with Crippen molar-refractivity contribution in [1.29, 1.82) is 0 Å². The number of para-hydroxylation sites is 1. The lowest BCUT2D eigenvalue weighted by molar-refractivity contribution is -0.130. The molecule has 0 aliphatic carbocycles. The van der Waals surface area contributed by atoms with E-state index in [9.17, 15) is 4.79 Å². The van der Waals surface area contributed by atoms with Crippen molar-refractivity contribution in [2.24, 2.45) is 0 Å². The van der Waals surface area contributed by atoms with Gasteiger partial charge in [-0.05, 0) is 19.1 Å². The molecule has 2 rings (SSSR count). The van der Waals surface area contributed by atoms with Gasteiger partial charge in [0, 0.05) is 38.5 Å². The predicted octanol–water partition coefficient (Wildman–Crippen LogP) is 1.18. The normalized spacial score (nSPS) is 18.6. The number of hydrogen-bond donors (Lipinski definition) is 0. The van der Waals surface area contributed by atoms with Crippen molar-refractivity contribution in [1.82, 2.24) is 4.90 Å². The van der Waals surface area contributed by atoms with Crippen molar-refractivity contribution >= 4 is 12.0 Å². The third-order valence-electron chi connectivity index (χ3n) is 3.20. The molecule has 4 nitrogen and oxygen atoms in total. The molecule has 97 valence electrons. The maximum Gasteiger partial charge on any atom is 0.167 e. The van der Waals surface area contributed by atoms with E-state index in [0.29, 0.717) is 6.61 Å². The Labute approximate surface area is 108 Å². The van der Waals surface area contributed by atoms with Gasteiger partial charge in [0.15, 0.2) is 12.5 Å². The summed E-state index contributed by atoms with van der Waals surface area (Å²) >= 11 is 0. The Morgan fingerprint density at radius 3 is 2.44 bits per heavy atom. The molecule has 1 fully saturated rings. The smallest absolute Gasteiger partial charge is 0.167 e. The summed E-state index contributed by atoms with van der Waals surface area (Å²) in [5, 5.41) is 0. The highest BCUT2D eigenvalue weighted by atomic mass is 16.5. The van der Waals surface area contributed by atoms with Crippen LogP contribution in [0.2, 0.25) is 0 Å². The van der Waals surface area contributed by atoms with Crippen LogP contribution in [0.25, 0.3) is 0 Å². The zero-order chi connectivity index (χ0) is 12.8. The van der Waals surface area contributed by atoms with Crippen LogP contribution in [0.4, 0.5) is 5.69 Å². The maximum absolute atomic E-state index is 10.9. The Balaban J connectivity index is 1.90. The molecule has 1 aliphatic rings. The Kier molecular flexibility index (Phi) is 4.73. The quantitative estimate of drug-likeness (QED) is 0.732. The van der Waals surface area contributed by atoms with Crippen LogP contribution in [0.5, 0.6) is 0 Å². The molecular formula is C14H19N2O2. The Hall–Kier alpha value is -1.39. The second kappa shape index (κ2) is 6.52. The predicted molar refractivity (Wildman–Crippen MR) is 71.4 cm³/mol. The molecule has 4 heteroatoms. The molecular weight excluding hydrogens is 228 g/mol. The van der Waals surface area contributed by atoms with E-state index in [2.05, 4.69) is 28.9 Å². The number of rotatable bonds is 5. The highest BCUT2D eigenvalue weighted by Gasteiger charge is 2.23. The largest absolute Gasteiger partial charge is 0.369 e. The van der Waals surface area contributed by atoms with Gasteiger partial charge < -0.3 is 9.64 Å². The Bertz CT molecular complexity index is 361. The number of nitrogens with zero attached hydrogens (tertiary/aromatic N) is 2. The van der Waals surface area contributed by atoms with E-state index in [0.717, 1.165) is 32.5 Å². The van der Waals surface area contributed by atoms with Gasteiger partial charge in [-0.1, -0.05) is 18.2 Å². The van der Waals surface area contributed by atoms with Gasteiger partial charge in [0.2, 0.25) is 0 Å². The fourth-order valence-corrected chi connectivity index (χ4v) is 2.22. The number of anilines is 1. The number of hydrogen-bond acceptors (Lipinski definition) is 4. The van der Waals surface area contributed by atoms with Crippen molar-refractivity contribution in [3.05, 3.63) is 37.3 Å². The summed E-state index contributed by atoms with van der Waals surface area (Å²) in [6.45, 7) is 7.42. The van der Waals surface area contributed by atoms with Crippen LogP contribution in [-0.4, -0.2) is 50.2 Å². The van der Waals surface area contributed by atoms with E-state index in [-0.39, 0.29) is 0 Å². The SMILES string of the molecule is [CH2]COC(C=O)N1CCN(c2ccccc2)CC1. The summed E-state index contributed by atoms with van der Waals surface area (Å²) in [4.78, 5) is 15.3. The van der Waals surface area contributed by atoms with Gasteiger partial charge in [-0.2, -0.15) is 0 Å². The molecule has 18 heavy (non-hydrogen) atoms. The lowest BCUT2D eigenvalue weighted by Crippen LogP contribution is -2.51. The zero-order valence-electron chi connectivity index (χ0n) is 10.5. The van der Waals surface area contributed by atoms with Crippen molar-refractivity contribution in [3.8, 4) is 0 Å². The minimum Gasteiger partial charge on any atom is -0.369 e. The van der Waals surface area contributed by atoms with Crippen molar-refractivity contribution in [2.75, 3.05) is 37.7 Å². The van der Waals surface area contributed by atoms with Gasteiger partial charge in [-0.3, -0.25) is 9.69 Å². The fraction of sp³-hybridized carbons (Fsp3) is 0.429. The molecule has 1 aromatic carbocycles. The molecule has 0 aromatic heterocycles. The highest BCUT2D eigenvalue weighted by Crippen LogP contribution is 2.16. The van der Waals surface area contributed by atoms with Crippen molar-refractivity contribution < 1.29 is 9.53 Å². The third kappa shape index (κ3) is 3.09. The number of benzene rings is 1. The molecule has 1 aliphatic heterocycles. The molecule has 0 N–H and O–H groups in total. The minimum atomic E-state index is -0.444. The summed E-state index contributed by atoms with van der Waals surface area (Å²) in [5.41, 5.74) is 1.23. The van der Waals surface area contributed by atoms with Crippen molar-refractivity contribution in [2.45, 2.75) is 6.23 Å². The summed E-state index contributed by atoms with van der Waals surface area (Å²) in [7, 11) is 0. The molecule has 1 aromatic rings. The van der Waals surface area contributed by atoms with E-state index in [1.165, 1.54) is 5.69 Å². The topological polar surface area (TPSA) is 32.8 Å². The first-order valence-corrected chi connectivity index (χ1v) is 6.25. The van der Waals surface area contributed by atoms with Crippen LogP contribution >= 0.6 is 0 Å². The lowest BCUT2D eigenvalue weighted by atomic mass is 10.2. The summed E-state index contributed by atoms with van der Waals surface area (Å²) in [6, 6.07) is 10.3. The van der Waals surface area contributed by atoms with E-state index in [1.807, 2.05) is 18.2 Å². The molecule has 0 saturated carbocycles. The van der Waals surface area contributed by atoms with E-state index >= 15 is 0 Å². The van der Waals surface area contributed by atoms with Crippen molar-refractivity contribution in [3.63, 3.8) is 0 Å². The molecule has 1 radical (unpaired) electrons. The molecule has 1 saturated heterocycles. The second-order valence-electron chi connectivity index (χ2n) is 4.26.